The van der Waals surface area contributed by atoms with Crippen LogP contribution in [0.1, 0.15) is 47.1 Å². The minimum atomic E-state index is 0.347. The van der Waals surface area contributed by atoms with Crippen LogP contribution in [-0.2, 0) is 19.5 Å². The van der Waals surface area contributed by atoms with Crippen molar-refractivity contribution < 1.29 is 4.74 Å². The van der Waals surface area contributed by atoms with Crippen LogP contribution in [0.3, 0.4) is 0 Å². The molecule has 132 valence electrons. The third-order valence-electron chi connectivity index (χ3n) is 5.24. The van der Waals surface area contributed by atoms with Gasteiger partial charge < -0.3 is 10.1 Å². The number of fused-ring (bicyclic) bond motifs is 1. The maximum atomic E-state index is 5.55. The first-order chi connectivity index (χ1) is 12.2. The predicted octanol–water partition coefficient (Wildman–Crippen LogP) is 2.78. The summed E-state index contributed by atoms with van der Waals surface area (Å²) in [5, 5.41) is 3.49. The van der Waals surface area contributed by atoms with Gasteiger partial charge in [-0.15, -0.1) is 0 Å². The van der Waals surface area contributed by atoms with E-state index in [0.29, 0.717) is 6.04 Å². The van der Waals surface area contributed by atoms with Gasteiger partial charge in [-0.3, -0.25) is 4.90 Å². The highest BCUT2D eigenvalue weighted by atomic mass is 16.5. The van der Waals surface area contributed by atoms with Gasteiger partial charge in [0.15, 0.2) is 0 Å². The predicted molar refractivity (Wildman–Crippen MR) is 97.6 cm³/mol. The molecular formula is C20H26N4O. The van der Waals surface area contributed by atoms with Gasteiger partial charge in [-0.1, -0.05) is 12.1 Å². The monoisotopic (exact) mass is 338 g/mol. The van der Waals surface area contributed by atoms with Gasteiger partial charge >= 0.3 is 0 Å². The van der Waals surface area contributed by atoms with Crippen molar-refractivity contribution in [1.29, 1.82) is 0 Å². The molecule has 1 N–H and O–H groups in total. The number of benzene rings is 1. The van der Waals surface area contributed by atoms with Crippen molar-refractivity contribution in [2.45, 2.75) is 45.3 Å². The first-order valence-electron chi connectivity index (χ1n) is 9.17. The summed E-state index contributed by atoms with van der Waals surface area (Å²) in [6.07, 6.45) is 5.40. The molecule has 1 atom stereocenters. The zero-order valence-corrected chi connectivity index (χ0v) is 15.1. The lowest BCUT2D eigenvalue weighted by molar-refractivity contribution is 0.238. The van der Waals surface area contributed by atoms with Crippen molar-refractivity contribution in [2.24, 2.45) is 0 Å². The molecular weight excluding hydrogens is 312 g/mol. The highest BCUT2D eigenvalue weighted by molar-refractivity contribution is 5.37. The van der Waals surface area contributed by atoms with Crippen LogP contribution in [0.15, 0.2) is 24.4 Å². The van der Waals surface area contributed by atoms with Crippen molar-refractivity contribution in [3.05, 3.63) is 52.6 Å². The molecule has 1 fully saturated rings. The summed E-state index contributed by atoms with van der Waals surface area (Å²) in [5.74, 6) is 1.95. The lowest BCUT2D eigenvalue weighted by Crippen LogP contribution is -2.31. The molecule has 25 heavy (non-hydrogen) atoms. The molecule has 1 saturated heterocycles. The van der Waals surface area contributed by atoms with Gasteiger partial charge in [-0.25, -0.2) is 9.97 Å². The Bertz CT molecular complexity index is 755. The molecule has 3 heterocycles. The Hall–Kier alpha value is -1.98. The van der Waals surface area contributed by atoms with Crippen molar-refractivity contribution >= 4 is 0 Å². The maximum absolute atomic E-state index is 5.55. The molecule has 1 aromatic carbocycles. The molecule has 0 unspecified atom stereocenters. The minimum absolute atomic E-state index is 0.347. The van der Waals surface area contributed by atoms with E-state index in [4.69, 9.17) is 9.72 Å². The fourth-order valence-corrected chi connectivity index (χ4v) is 3.82. The molecule has 0 aliphatic carbocycles. The number of ether oxygens (including phenoxy) is 1. The van der Waals surface area contributed by atoms with Crippen LogP contribution in [0.2, 0.25) is 0 Å². The van der Waals surface area contributed by atoms with E-state index in [1.807, 2.05) is 6.20 Å². The topological polar surface area (TPSA) is 50.3 Å². The first-order valence-corrected chi connectivity index (χ1v) is 9.17. The van der Waals surface area contributed by atoms with Crippen molar-refractivity contribution in [2.75, 3.05) is 20.2 Å². The van der Waals surface area contributed by atoms with Gasteiger partial charge in [-0.2, -0.15) is 0 Å². The molecule has 5 heteroatoms. The second-order valence-electron chi connectivity index (χ2n) is 7.13. The Morgan fingerprint density at radius 3 is 3.08 bits per heavy atom. The smallest absolute Gasteiger partial charge is 0.145 e. The average molecular weight is 338 g/mol. The van der Waals surface area contributed by atoms with Gasteiger partial charge in [0.05, 0.1) is 13.2 Å². The molecule has 0 spiro atoms. The number of rotatable bonds is 4. The highest BCUT2D eigenvalue weighted by Crippen LogP contribution is 2.26. The molecule has 2 aliphatic heterocycles. The Morgan fingerprint density at radius 2 is 2.28 bits per heavy atom. The van der Waals surface area contributed by atoms with Crippen LogP contribution >= 0.6 is 0 Å². The van der Waals surface area contributed by atoms with Gasteiger partial charge in [0.25, 0.3) is 0 Å². The van der Waals surface area contributed by atoms with Gasteiger partial charge in [0.2, 0.25) is 0 Å². The van der Waals surface area contributed by atoms with E-state index >= 15 is 0 Å². The van der Waals surface area contributed by atoms with Crippen LogP contribution < -0.4 is 10.1 Å². The Morgan fingerprint density at radius 1 is 1.36 bits per heavy atom. The molecule has 4 rings (SSSR count). The number of methoxy groups -OCH3 is 1. The number of hydrogen-bond donors (Lipinski definition) is 1. The molecule has 2 aliphatic rings. The van der Waals surface area contributed by atoms with E-state index in [9.17, 15) is 0 Å². The second kappa shape index (κ2) is 7.10. The van der Waals surface area contributed by atoms with Crippen molar-refractivity contribution in [3.63, 3.8) is 0 Å². The number of hydrogen-bond acceptors (Lipinski definition) is 5. The average Bonchev–Trinajstić information content (AvgIpc) is 3.17. The molecule has 5 nitrogen and oxygen atoms in total. The Balaban J connectivity index is 1.48. The van der Waals surface area contributed by atoms with Gasteiger partial charge in [0.1, 0.15) is 11.6 Å². The highest BCUT2D eigenvalue weighted by Gasteiger charge is 2.23. The summed E-state index contributed by atoms with van der Waals surface area (Å²) in [4.78, 5) is 11.9. The fraction of sp³-hybridized carbons (Fsp3) is 0.500. The normalized spacial score (nSPS) is 20.5. The van der Waals surface area contributed by atoms with Crippen LogP contribution in [0, 0.1) is 6.92 Å². The summed E-state index contributed by atoms with van der Waals surface area (Å²) in [5.41, 5.74) is 4.96. The third kappa shape index (κ3) is 3.53. The third-order valence-corrected chi connectivity index (χ3v) is 5.24. The van der Waals surface area contributed by atoms with E-state index < -0.39 is 0 Å². The lowest BCUT2D eigenvalue weighted by atomic mass is 10.0. The molecule has 0 amide bonds. The summed E-state index contributed by atoms with van der Waals surface area (Å²) >= 11 is 0. The largest absolute Gasteiger partial charge is 0.496 e. The van der Waals surface area contributed by atoms with Crippen LogP contribution in [0.25, 0.3) is 0 Å². The van der Waals surface area contributed by atoms with Crippen molar-refractivity contribution in [3.8, 4) is 5.75 Å². The van der Waals surface area contributed by atoms with Gasteiger partial charge in [0, 0.05) is 49.1 Å². The maximum Gasteiger partial charge on any atom is 0.145 e. The minimum Gasteiger partial charge on any atom is -0.496 e. The summed E-state index contributed by atoms with van der Waals surface area (Å²) in [6.45, 7) is 6.01. The first kappa shape index (κ1) is 16.5. The van der Waals surface area contributed by atoms with E-state index in [2.05, 4.69) is 40.3 Å². The van der Waals surface area contributed by atoms with E-state index in [-0.39, 0.29) is 0 Å². The zero-order chi connectivity index (χ0) is 17.2. The standard InChI is InChI=1S/C20H26N4O/c1-14-5-6-15(19(10-14)25-2)12-24-9-7-17-16(13-24)11-22-20(23-17)18-4-3-8-21-18/h5-6,10-11,18,21H,3-4,7-9,12-13H2,1-2H3/t18-/m1/s1. The fourth-order valence-electron chi connectivity index (χ4n) is 3.82. The molecule has 2 aromatic rings. The Kier molecular flexibility index (Phi) is 4.68. The molecule has 0 bridgehead atoms. The summed E-state index contributed by atoms with van der Waals surface area (Å²) < 4.78 is 5.55. The lowest BCUT2D eigenvalue weighted by Gasteiger charge is -2.29. The van der Waals surface area contributed by atoms with Gasteiger partial charge in [-0.05, 0) is 37.9 Å². The van der Waals surface area contributed by atoms with E-state index in [1.54, 1.807) is 7.11 Å². The quantitative estimate of drug-likeness (QED) is 0.929. The van der Waals surface area contributed by atoms with Crippen LogP contribution in [0.5, 0.6) is 5.75 Å². The van der Waals surface area contributed by atoms with Crippen LogP contribution in [-0.4, -0.2) is 35.1 Å². The summed E-state index contributed by atoms with van der Waals surface area (Å²) in [7, 11) is 1.75. The summed E-state index contributed by atoms with van der Waals surface area (Å²) in [6, 6.07) is 6.78. The van der Waals surface area contributed by atoms with Crippen molar-refractivity contribution in [1.82, 2.24) is 20.2 Å². The number of nitrogens with zero attached hydrogens (tertiary/aromatic N) is 3. The molecule has 0 radical (unpaired) electrons. The SMILES string of the molecule is COc1cc(C)ccc1CN1CCc2nc([C@H]3CCCN3)ncc2C1. The van der Waals surface area contributed by atoms with E-state index in [1.165, 1.54) is 28.8 Å². The van der Waals surface area contributed by atoms with Crippen LogP contribution in [0.4, 0.5) is 0 Å². The van der Waals surface area contributed by atoms with E-state index in [0.717, 1.165) is 50.6 Å². The second-order valence-corrected chi connectivity index (χ2v) is 7.13. The molecule has 1 aromatic heterocycles. The number of aromatic nitrogens is 2. The number of aryl methyl sites for hydroxylation is 1. The number of nitrogens with one attached hydrogen (secondary N) is 1. The molecule has 0 saturated carbocycles. The Labute approximate surface area is 149 Å². The zero-order valence-electron chi connectivity index (χ0n) is 15.1.